The van der Waals surface area contributed by atoms with Crippen molar-refractivity contribution in [1.82, 2.24) is 15.1 Å². The lowest BCUT2D eigenvalue weighted by Crippen LogP contribution is -2.43. The Labute approximate surface area is 176 Å². The van der Waals surface area contributed by atoms with E-state index >= 15 is 0 Å². The molecule has 1 heterocycles. The van der Waals surface area contributed by atoms with Crippen LogP contribution >= 0.6 is 11.6 Å². The molecule has 0 saturated carbocycles. The Morgan fingerprint density at radius 2 is 1.69 bits per heavy atom. The molecule has 29 heavy (non-hydrogen) atoms. The molecule has 3 rings (SSSR count). The number of anilines is 1. The van der Waals surface area contributed by atoms with Gasteiger partial charge in [0.15, 0.2) is 0 Å². The van der Waals surface area contributed by atoms with Gasteiger partial charge < -0.3 is 15.5 Å². The van der Waals surface area contributed by atoms with Crippen molar-refractivity contribution in [3.05, 3.63) is 64.7 Å². The second-order valence-corrected chi connectivity index (χ2v) is 7.85. The van der Waals surface area contributed by atoms with Crippen molar-refractivity contribution in [1.29, 1.82) is 0 Å². The molecule has 6 nitrogen and oxygen atoms in total. The molecule has 1 atom stereocenters. The molecular weight excluding hydrogens is 388 g/mol. The summed E-state index contributed by atoms with van der Waals surface area (Å²) in [5, 5.41) is 5.88. The van der Waals surface area contributed by atoms with Gasteiger partial charge in [-0.25, -0.2) is 0 Å². The van der Waals surface area contributed by atoms with Crippen LogP contribution in [0.3, 0.4) is 0 Å². The highest BCUT2D eigenvalue weighted by Crippen LogP contribution is 2.15. The molecule has 1 aliphatic rings. The number of hydrogen-bond acceptors (Lipinski definition) is 4. The van der Waals surface area contributed by atoms with Crippen molar-refractivity contribution < 1.29 is 9.59 Å². The first-order chi connectivity index (χ1) is 13.9. The number of nitrogens with one attached hydrogen (secondary N) is 2. The third kappa shape index (κ3) is 6.03. The van der Waals surface area contributed by atoms with Gasteiger partial charge in [0, 0.05) is 38.4 Å². The summed E-state index contributed by atoms with van der Waals surface area (Å²) in [7, 11) is 2.15. The van der Waals surface area contributed by atoms with E-state index < -0.39 is 6.04 Å². The van der Waals surface area contributed by atoms with Gasteiger partial charge in [-0.15, -0.1) is 0 Å². The van der Waals surface area contributed by atoms with E-state index in [-0.39, 0.29) is 11.8 Å². The molecule has 0 aliphatic carbocycles. The van der Waals surface area contributed by atoms with Crippen molar-refractivity contribution in [3.8, 4) is 0 Å². The number of likely N-dealkylation sites (N-methyl/N-ethyl adjacent to an activating group) is 1. The van der Waals surface area contributed by atoms with Crippen LogP contribution in [0, 0.1) is 0 Å². The highest BCUT2D eigenvalue weighted by molar-refractivity contribution is 6.33. The zero-order chi connectivity index (χ0) is 20.8. The molecule has 2 aromatic carbocycles. The van der Waals surface area contributed by atoms with Crippen LogP contribution in [0.4, 0.5) is 5.69 Å². The van der Waals surface area contributed by atoms with Crippen LogP contribution in [0.1, 0.15) is 22.8 Å². The zero-order valence-electron chi connectivity index (χ0n) is 16.8. The number of carbonyl (C=O) groups is 2. The molecule has 2 N–H and O–H groups in total. The van der Waals surface area contributed by atoms with E-state index in [0.29, 0.717) is 16.3 Å². The molecule has 1 aliphatic heterocycles. The van der Waals surface area contributed by atoms with Crippen LogP contribution in [-0.4, -0.2) is 60.9 Å². The summed E-state index contributed by atoms with van der Waals surface area (Å²) < 4.78 is 0. The lowest BCUT2D eigenvalue weighted by Gasteiger charge is -2.32. The molecule has 0 spiro atoms. The quantitative estimate of drug-likeness (QED) is 0.762. The predicted octanol–water partition coefficient (Wildman–Crippen LogP) is 2.84. The van der Waals surface area contributed by atoms with Gasteiger partial charge in [0.05, 0.1) is 10.6 Å². The van der Waals surface area contributed by atoms with Crippen molar-refractivity contribution in [2.24, 2.45) is 0 Å². The number of nitrogens with zero attached hydrogens (tertiary/aromatic N) is 2. The number of piperazine rings is 1. The number of amides is 2. The van der Waals surface area contributed by atoms with E-state index in [4.69, 9.17) is 11.6 Å². The highest BCUT2D eigenvalue weighted by atomic mass is 35.5. The Kier molecular flexibility index (Phi) is 7.25. The fraction of sp³-hybridized carbons (Fsp3) is 0.364. The fourth-order valence-corrected chi connectivity index (χ4v) is 3.42. The molecule has 0 bridgehead atoms. The second kappa shape index (κ2) is 9.87. The number of halogens is 1. The van der Waals surface area contributed by atoms with Crippen molar-refractivity contribution in [2.45, 2.75) is 19.5 Å². The van der Waals surface area contributed by atoms with Gasteiger partial charge in [0.1, 0.15) is 6.04 Å². The summed E-state index contributed by atoms with van der Waals surface area (Å²) in [5.74, 6) is -0.655. The third-order valence-corrected chi connectivity index (χ3v) is 5.41. The lowest BCUT2D eigenvalue weighted by molar-refractivity contribution is -0.117. The van der Waals surface area contributed by atoms with Crippen LogP contribution in [0.2, 0.25) is 5.02 Å². The minimum Gasteiger partial charge on any atom is -0.340 e. The Balaban J connectivity index is 1.50. The summed E-state index contributed by atoms with van der Waals surface area (Å²) >= 11 is 6.04. The summed E-state index contributed by atoms with van der Waals surface area (Å²) in [6.45, 7) is 6.87. The molecule has 154 valence electrons. The first-order valence-electron chi connectivity index (χ1n) is 9.78. The van der Waals surface area contributed by atoms with Crippen molar-refractivity contribution in [3.63, 3.8) is 0 Å². The standard InChI is InChI=1S/C22H27ClN4O2/c1-16(24-22(29)19-5-3-4-6-20(19)23)21(28)25-18-9-7-17(8-10-18)15-27-13-11-26(2)12-14-27/h3-10,16H,11-15H2,1-2H3,(H,24,29)(H,25,28). The van der Waals surface area contributed by atoms with Gasteiger partial charge in [-0.05, 0) is 43.8 Å². The first-order valence-corrected chi connectivity index (χ1v) is 10.2. The normalized spacial score (nSPS) is 16.2. The molecule has 0 radical (unpaired) electrons. The number of rotatable bonds is 6. The highest BCUT2D eigenvalue weighted by Gasteiger charge is 2.18. The predicted molar refractivity (Wildman–Crippen MR) is 116 cm³/mol. The Morgan fingerprint density at radius 1 is 1.03 bits per heavy atom. The summed E-state index contributed by atoms with van der Waals surface area (Å²) in [6.07, 6.45) is 0. The Bertz CT molecular complexity index is 848. The van der Waals surface area contributed by atoms with Crippen molar-refractivity contribution in [2.75, 3.05) is 38.5 Å². The van der Waals surface area contributed by atoms with Crippen LogP contribution in [0.15, 0.2) is 48.5 Å². The maximum absolute atomic E-state index is 12.4. The second-order valence-electron chi connectivity index (χ2n) is 7.44. The van der Waals surface area contributed by atoms with E-state index in [1.165, 1.54) is 5.56 Å². The van der Waals surface area contributed by atoms with E-state index in [2.05, 4.69) is 27.5 Å². The minimum atomic E-state index is -0.691. The van der Waals surface area contributed by atoms with Crippen LogP contribution in [0.5, 0.6) is 0 Å². The topological polar surface area (TPSA) is 64.7 Å². The number of carbonyl (C=O) groups excluding carboxylic acids is 2. The first kappa shape index (κ1) is 21.3. The van der Waals surface area contributed by atoms with Crippen LogP contribution in [-0.2, 0) is 11.3 Å². The number of hydrogen-bond donors (Lipinski definition) is 2. The maximum atomic E-state index is 12.4. The van der Waals surface area contributed by atoms with E-state index in [9.17, 15) is 9.59 Å². The molecule has 1 saturated heterocycles. The molecule has 1 unspecified atom stereocenters. The molecule has 1 fully saturated rings. The molecule has 2 aromatic rings. The lowest BCUT2D eigenvalue weighted by atomic mass is 10.1. The summed E-state index contributed by atoms with van der Waals surface area (Å²) in [4.78, 5) is 29.5. The largest absolute Gasteiger partial charge is 0.340 e. The minimum absolute atomic E-state index is 0.280. The van der Waals surface area contributed by atoms with Gasteiger partial charge in [0.2, 0.25) is 5.91 Å². The summed E-state index contributed by atoms with van der Waals surface area (Å²) in [5.41, 5.74) is 2.27. The smallest absolute Gasteiger partial charge is 0.253 e. The fourth-order valence-electron chi connectivity index (χ4n) is 3.19. The Hall–Kier alpha value is -2.41. The van der Waals surface area contributed by atoms with Gasteiger partial charge in [-0.2, -0.15) is 0 Å². The van der Waals surface area contributed by atoms with Gasteiger partial charge in [0.25, 0.3) is 5.91 Å². The Morgan fingerprint density at radius 3 is 2.34 bits per heavy atom. The number of benzene rings is 2. The van der Waals surface area contributed by atoms with Crippen LogP contribution in [0.25, 0.3) is 0 Å². The maximum Gasteiger partial charge on any atom is 0.253 e. The van der Waals surface area contributed by atoms with Gasteiger partial charge >= 0.3 is 0 Å². The van der Waals surface area contributed by atoms with Crippen molar-refractivity contribution >= 4 is 29.1 Å². The van der Waals surface area contributed by atoms with Gasteiger partial charge in [-0.1, -0.05) is 35.9 Å². The summed E-state index contributed by atoms with van der Waals surface area (Å²) in [6, 6.07) is 13.9. The molecular formula is C22H27ClN4O2. The molecule has 2 amide bonds. The average Bonchev–Trinajstić information content (AvgIpc) is 2.71. The van der Waals surface area contributed by atoms with E-state index in [1.54, 1.807) is 31.2 Å². The zero-order valence-corrected chi connectivity index (χ0v) is 17.6. The van der Waals surface area contributed by atoms with Crippen LogP contribution < -0.4 is 10.6 Å². The van der Waals surface area contributed by atoms with E-state index in [0.717, 1.165) is 32.7 Å². The molecule has 7 heteroatoms. The average molecular weight is 415 g/mol. The monoisotopic (exact) mass is 414 g/mol. The SMILES string of the molecule is CC(NC(=O)c1ccccc1Cl)C(=O)Nc1ccc(CN2CCN(C)CC2)cc1. The molecule has 0 aromatic heterocycles. The van der Waals surface area contributed by atoms with Gasteiger partial charge in [-0.3, -0.25) is 14.5 Å². The van der Waals surface area contributed by atoms with E-state index in [1.807, 2.05) is 24.3 Å². The third-order valence-electron chi connectivity index (χ3n) is 5.08.